The first-order valence-corrected chi connectivity index (χ1v) is 8.68. The summed E-state index contributed by atoms with van der Waals surface area (Å²) in [4.78, 5) is 23.1. The summed E-state index contributed by atoms with van der Waals surface area (Å²) in [5, 5.41) is 20.1. The number of nitrogens with one attached hydrogen (secondary N) is 1. The van der Waals surface area contributed by atoms with E-state index in [2.05, 4.69) is 15.5 Å². The van der Waals surface area contributed by atoms with E-state index in [0.29, 0.717) is 17.9 Å². The molecule has 0 unspecified atom stereocenters. The molecule has 3 rings (SSSR count). The van der Waals surface area contributed by atoms with E-state index in [4.69, 9.17) is 5.11 Å². The second kappa shape index (κ2) is 8.03. The van der Waals surface area contributed by atoms with Crippen molar-refractivity contribution in [3.8, 4) is 0 Å². The van der Waals surface area contributed by atoms with Gasteiger partial charge in [-0.15, -0.1) is 0 Å². The van der Waals surface area contributed by atoms with Crippen LogP contribution in [0, 0.1) is 19.7 Å². The highest BCUT2D eigenvalue weighted by Gasteiger charge is 2.17. The van der Waals surface area contributed by atoms with Crippen LogP contribution in [-0.4, -0.2) is 36.5 Å². The van der Waals surface area contributed by atoms with Crippen molar-refractivity contribution in [3.63, 3.8) is 0 Å². The Balaban J connectivity index is 1.72. The summed E-state index contributed by atoms with van der Waals surface area (Å²) in [5.41, 5.74) is 3.09. The molecule has 0 aliphatic heterocycles. The summed E-state index contributed by atoms with van der Waals surface area (Å²) >= 11 is 0. The summed E-state index contributed by atoms with van der Waals surface area (Å²) < 4.78 is 16.2. The van der Waals surface area contributed by atoms with Gasteiger partial charge in [0.25, 0.3) is 5.91 Å². The third-order valence-corrected chi connectivity index (χ3v) is 4.29. The molecule has 8 nitrogen and oxygen atoms in total. The first-order valence-electron chi connectivity index (χ1n) is 8.68. The van der Waals surface area contributed by atoms with Crippen LogP contribution in [0.3, 0.4) is 0 Å². The fourth-order valence-electron chi connectivity index (χ4n) is 2.79. The number of carboxylic acids is 1. The quantitative estimate of drug-likeness (QED) is 0.651. The number of halogens is 1. The number of hydrogen-bond acceptors (Lipinski definition) is 4. The van der Waals surface area contributed by atoms with Crippen molar-refractivity contribution in [2.75, 3.05) is 5.32 Å². The van der Waals surface area contributed by atoms with Crippen LogP contribution >= 0.6 is 0 Å². The minimum Gasteiger partial charge on any atom is -0.481 e. The normalized spacial score (nSPS) is 10.8. The van der Waals surface area contributed by atoms with Gasteiger partial charge < -0.3 is 10.4 Å². The molecule has 9 heteroatoms. The van der Waals surface area contributed by atoms with Crippen LogP contribution in [0.2, 0.25) is 0 Å². The van der Waals surface area contributed by atoms with Crippen LogP contribution in [0.15, 0.2) is 36.5 Å². The molecule has 0 saturated heterocycles. The molecule has 1 amide bonds. The number of anilines is 1. The third-order valence-electron chi connectivity index (χ3n) is 4.29. The van der Waals surface area contributed by atoms with Gasteiger partial charge in [-0.2, -0.15) is 10.2 Å². The number of carbonyl (C=O) groups is 2. The van der Waals surface area contributed by atoms with Crippen LogP contribution in [-0.2, 0) is 17.9 Å². The molecule has 0 saturated carbocycles. The van der Waals surface area contributed by atoms with Crippen LogP contribution in [0.1, 0.15) is 33.9 Å². The van der Waals surface area contributed by atoms with E-state index in [0.717, 1.165) is 11.3 Å². The second-order valence-electron chi connectivity index (χ2n) is 6.39. The van der Waals surface area contributed by atoms with Crippen LogP contribution in [0.4, 0.5) is 10.1 Å². The molecule has 0 spiro atoms. The molecule has 2 heterocycles. The SMILES string of the molecule is Cc1nn(Cc2ccc(F)cc2)c(C)c1NC(=O)c1ccn(CCC(=O)O)n1. The smallest absolute Gasteiger partial charge is 0.305 e. The molecular formula is C19H20FN5O3. The first-order chi connectivity index (χ1) is 13.3. The number of benzene rings is 1. The molecule has 2 N–H and O–H groups in total. The van der Waals surface area contributed by atoms with E-state index < -0.39 is 11.9 Å². The molecule has 0 aliphatic carbocycles. The summed E-state index contributed by atoms with van der Waals surface area (Å²) in [6, 6.07) is 7.70. The number of carboxylic acid groups (broad SMARTS) is 1. The second-order valence-corrected chi connectivity index (χ2v) is 6.39. The Labute approximate surface area is 160 Å². The van der Waals surface area contributed by atoms with E-state index in [9.17, 15) is 14.0 Å². The number of amides is 1. The van der Waals surface area contributed by atoms with Crippen molar-refractivity contribution in [2.24, 2.45) is 0 Å². The fourth-order valence-corrected chi connectivity index (χ4v) is 2.79. The number of aryl methyl sites for hydroxylation is 2. The zero-order valence-electron chi connectivity index (χ0n) is 15.5. The Kier molecular flexibility index (Phi) is 5.53. The largest absolute Gasteiger partial charge is 0.481 e. The fraction of sp³-hybridized carbons (Fsp3) is 0.263. The highest BCUT2D eigenvalue weighted by atomic mass is 19.1. The van der Waals surface area contributed by atoms with Crippen LogP contribution < -0.4 is 5.32 Å². The van der Waals surface area contributed by atoms with Gasteiger partial charge in [-0.3, -0.25) is 19.0 Å². The van der Waals surface area contributed by atoms with Gasteiger partial charge in [0.2, 0.25) is 0 Å². The van der Waals surface area contributed by atoms with E-state index in [1.165, 1.54) is 22.9 Å². The Morgan fingerprint density at radius 1 is 1.14 bits per heavy atom. The van der Waals surface area contributed by atoms with E-state index >= 15 is 0 Å². The molecule has 0 aliphatic rings. The maximum atomic E-state index is 13.1. The monoisotopic (exact) mass is 385 g/mol. The highest BCUT2D eigenvalue weighted by molar-refractivity contribution is 6.03. The lowest BCUT2D eigenvalue weighted by Gasteiger charge is -2.07. The number of carbonyl (C=O) groups excluding carboxylic acids is 1. The van der Waals surface area contributed by atoms with Crippen molar-refractivity contribution in [3.05, 3.63) is 65.0 Å². The molecular weight excluding hydrogens is 365 g/mol. The molecule has 1 aromatic carbocycles. The lowest BCUT2D eigenvalue weighted by Crippen LogP contribution is -2.15. The van der Waals surface area contributed by atoms with Crippen molar-refractivity contribution in [2.45, 2.75) is 33.4 Å². The number of rotatable bonds is 7. The summed E-state index contributed by atoms with van der Waals surface area (Å²) in [5.74, 6) is -1.63. The van der Waals surface area contributed by atoms with Gasteiger partial charge in [0.05, 0.1) is 36.6 Å². The van der Waals surface area contributed by atoms with Crippen molar-refractivity contribution >= 4 is 17.6 Å². The Morgan fingerprint density at radius 2 is 1.86 bits per heavy atom. The highest BCUT2D eigenvalue weighted by Crippen LogP contribution is 2.21. The maximum absolute atomic E-state index is 13.1. The first kappa shape index (κ1) is 19.3. The van der Waals surface area contributed by atoms with E-state index in [-0.39, 0.29) is 24.5 Å². The zero-order chi connectivity index (χ0) is 20.3. The number of aliphatic carboxylic acids is 1. The van der Waals surface area contributed by atoms with Crippen LogP contribution in [0.5, 0.6) is 0 Å². The van der Waals surface area contributed by atoms with E-state index in [1.54, 1.807) is 29.9 Å². The minimum atomic E-state index is -0.929. The maximum Gasteiger partial charge on any atom is 0.305 e. The average molecular weight is 385 g/mol. The molecule has 3 aromatic rings. The number of nitrogens with zero attached hydrogens (tertiary/aromatic N) is 4. The standard InChI is InChI=1S/C19H20FN5O3/c1-12-18(13(2)25(22-12)11-14-3-5-15(20)6-4-14)21-19(28)16-7-9-24(23-16)10-8-17(26)27/h3-7,9H,8,10-11H2,1-2H3,(H,21,28)(H,26,27). The molecule has 0 bridgehead atoms. The molecule has 146 valence electrons. The zero-order valence-corrected chi connectivity index (χ0v) is 15.5. The lowest BCUT2D eigenvalue weighted by molar-refractivity contribution is -0.137. The molecule has 28 heavy (non-hydrogen) atoms. The van der Waals surface area contributed by atoms with E-state index in [1.807, 2.05) is 6.92 Å². The van der Waals surface area contributed by atoms with Crippen LogP contribution in [0.25, 0.3) is 0 Å². The van der Waals surface area contributed by atoms with Crippen molar-refractivity contribution in [1.82, 2.24) is 19.6 Å². The molecule has 2 aromatic heterocycles. The third kappa shape index (κ3) is 4.43. The Morgan fingerprint density at radius 3 is 2.54 bits per heavy atom. The summed E-state index contributed by atoms with van der Waals surface area (Å²) in [6.45, 7) is 4.27. The molecule has 0 fully saturated rings. The van der Waals surface area contributed by atoms with Gasteiger partial charge in [0.1, 0.15) is 5.82 Å². The topological polar surface area (TPSA) is 102 Å². The van der Waals surface area contributed by atoms with Crippen molar-refractivity contribution < 1.29 is 19.1 Å². The van der Waals surface area contributed by atoms with Gasteiger partial charge in [0, 0.05) is 6.20 Å². The molecule has 0 radical (unpaired) electrons. The minimum absolute atomic E-state index is 0.0723. The van der Waals surface area contributed by atoms with Gasteiger partial charge >= 0.3 is 5.97 Å². The molecule has 0 atom stereocenters. The number of aromatic nitrogens is 4. The Hall–Kier alpha value is -3.49. The lowest BCUT2D eigenvalue weighted by atomic mass is 10.2. The summed E-state index contributed by atoms with van der Waals surface area (Å²) in [6.07, 6.45) is 1.49. The van der Waals surface area contributed by atoms with Gasteiger partial charge in [0.15, 0.2) is 5.69 Å². The summed E-state index contributed by atoms with van der Waals surface area (Å²) in [7, 11) is 0. The number of hydrogen-bond donors (Lipinski definition) is 2. The van der Waals surface area contributed by atoms with Crippen molar-refractivity contribution in [1.29, 1.82) is 0 Å². The van der Waals surface area contributed by atoms with Gasteiger partial charge in [-0.1, -0.05) is 12.1 Å². The predicted molar refractivity (Wildman–Crippen MR) is 99.6 cm³/mol. The van der Waals surface area contributed by atoms with Gasteiger partial charge in [-0.05, 0) is 37.6 Å². The Bertz CT molecular complexity index is 1010. The average Bonchev–Trinajstić information content (AvgIpc) is 3.22. The predicted octanol–water partition coefficient (Wildman–Crippen LogP) is 2.61. The van der Waals surface area contributed by atoms with Gasteiger partial charge in [-0.25, -0.2) is 4.39 Å².